The lowest BCUT2D eigenvalue weighted by Gasteiger charge is -2.28. The average molecular weight is 554 g/mol. The topological polar surface area (TPSA) is 71.4 Å². The number of benzene rings is 2. The zero-order valence-corrected chi connectivity index (χ0v) is 24.2. The maximum Gasteiger partial charge on any atom is 0.226 e. The van der Waals surface area contributed by atoms with E-state index in [2.05, 4.69) is 58.0 Å². The molecule has 3 heterocycles. The number of nitrogens with zero attached hydrogens (tertiary/aromatic N) is 3. The molecule has 5 rings (SSSR count). The predicted molar refractivity (Wildman–Crippen MR) is 163 cm³/mol. The Labute approximate surface area is 241 Å². The number of nitrogens with one attached hydrogen (secondary N) is 2. The lowest BCUT2D eigenvalue weighted by Crippen LogP contribution is -2.33. The Morgan fingerprint density at radius 2 is 1.88 bits per heavy atom. The zero-order chi connectivity index (χ0) is 28.2. The molecular weight excluding hydrogens is 518 g/mol. The van der Waals surface area contributed by atoms with Gasteiger partial charge in [0.25, 0.3) is 0 Å². The SMILES string of the molecule is CCc1ccccc1NC(=O)CCN1C(=S)NC(c2ccccn2)C1c1cc(C)n(-c2cccc(OC)c2)c1C. The minimum Gasteiger partial charge on any atom is -0.497 e. The van der Waals surface area contributed by atoms with Gasteiger partial charge in [-0.3, -0.25) is 9.78 Å². The average Bonchev–Trinajstić information content (AvgIpc) is 3.46. The molecule has 1 amide bonds. The van der Waals surface area contributed by atoms with E-state index >= 15 is 0 Å². The molecule has 206 valence electrons. The standard InChI is InChI=1S/C32H35N5O2S/c1-5-23-11-6-7-14-27(23)34-29(38)16-18-36-31(30(35-32(36)40)28-15-8-9-17-33-28)26-19-21(2)37(22(26)3)24-12-10-13-25(20-24)39-4/h6-15,17,19-20,30-31H,5,16,18H2,1-4H3,(H,34,38)(H,35,40). The number of amides is 1. The smallest absolute Gasteiger partial charge is 0.226 e. The van der Waals surface area contributed by atoms with Gasteiger partial charge in [-0.1, -0.05) is 37.3 Å². The molecule has 40 heavy (non-hydrogen) atoms. The first-order valence-electron chi connectivity index (χ1n) is 13.6. The van der Waals surface area contributed by atoms with E-state index in [1.165, 1.54) is 0 Å². The van der Waals surface area contributed by atoms with Gasteiger partial charge in [-0.25, -0.2) is 0 Å². The van der Waals surface area contributed by atoms with Crippen molar-refractivity contribution in [1.29, 1.82) is 0 Å². The highest BCUT2D eigenvalue weighted by atomic mass is 32.1. The summed E-state index contributed by atoms with van der Waals surface area (Å²) >= 11 is 5.86. The van der Waals surface area contributed by atoms with Gasteiger partial charge in [0.2, 0.25) is 5.91 Å². The molecule has 2 N–H and O–H groups in total. The lowest BCUT2D eigenvalue weighted by molar-refractivity contribution is -0.116. The van der Waals surface area contributed by atoms with Gasteiger partial charge >= 0.3 is 0 Å². The third-order valence-electron chi connectivity index (χ3n) is 7.55. The van der Waals surface area contributed by atoms with Crippen LogP contribution in [-0.4, -0.2) is 39.1 Å². The number of anilines is 1. The van der Waals surface area contributed by atoms with Crippen molar-refractivity contribution in [1.82, 2.24) is 19.8 Å². The predicted octanol–water partition coefficient (Wildman–Crippen LogP) is 6.06. The van der Waals surface area contributed by atoms with Crippen molar-refractivity contribution < 1.29 is 9.53 Å². The molecule has 0 aliphatic carbocycles. The second-order valence-corrected chi connectivity index (χ2v) is 10.4. The van der Waals surface area contributed by atoms with E-state index < -0.39 is 0 Å². The molecule has 1 fully saturated rings. The molecule has 0 radical (unpaired) electrons. The van der Waals surface area contributed by atoms with Crippen LogP contribution in [0.15, 0.2) is 79.0 Å². The normalized spacial score (nSPS) is 16.6. The van der Waals surface area contributed by atoms with Crippen LogP contribution in [-0.2, 0) is 11.2 Å². The number of methoxy groups -OCH3 is 1. The van der Waals surface area contributed by atoms with E-state index in [1.807, 2.05) is 60.7 Å². The molecule has 0 bridgehead atoms. The van der Waals surface area contributed by atoms with E-state index in [9.17, 15) is 4.79 Å². The highest BCUT2D eigenvalue weighted by Crippen LogP contribution is 2.41. The fourth-order valence-electron chi connectivity index (χ4n) is 5.60. The largest absolute Gasteiger partial charge is 0.497 e. The van der Waals surface area contributed by atoms with E-state index in [0.29, 0.717) is 18.1 Å². The van der Waals surface area contributed by atoms with Gasteiger partial charge in [-0.05, 0) is 80.0 Å². The number of rotatable bonds is 9. The number of aromatic nitrogens is 2. The molecular formula is C32H35N5O2S. The molecule has 1 saturated heterocycles. The maximum absolute atomic E-state index is 13.1. The van der Waals surface area contributed by atoms with Crippen LogP contribution in [0.4, 0.5) is 5.69 Å². The van der Waals surface area contributed by atoms with Gasteiger partial charge in [0.15, 0.2) is 5.11 Å². The third-order valence-corrected chi connectivity index (χ3v) is 7.90. The highest BCUT2D eigenvalue weighted by Gasteiger charge is 2.41. The summed E-state index contributed by atoms with van der Waals surface area (Å²) in [6.07, 6.45) is 2.96. The first-order valence-corrected chi connectivity index (χ1v) is 14.0. The van der Waals surface area contributed by atoms with Crippen molar-refractivity contribution in [3.63, 3.8) is 0 Å². The van der Waals surface area contributed by atoms with E-state index in [-0.39, 0.29) is 18.0 Å². The highest BCUT2D eigenvalue weighted by molar-refractivity contribution is 7.80. The Bertz CT molecular complexity index is 1520. The van der Waals surface area contributed by atoms with Crippen LogP contribution in [0.1, 0.15) is 53.6 Å². The molecule has 0 saturated carbocycles. The summed E-state index contributed by atoms with van der Waals surface area (Å²) in [6.45, 7) is 6.80. The van der Waals surface area contributed by atoms with E-state index in [0.717, 1.165) is 51.8 Å². The quantitative estimate of drug-likeness (QED) is 0.246. The fraction of sp³-hybridized carbons (Fsp3) is 0.281. The number of carbonyl (C=O) groups excluding carboxylic acids is 1. The van der Waals surface area contributed by atoms with Gasteiger partial charge in [0.1, 0.15) is 5.75 Å². The Morgan fingerprint density at radius 1 is 1.07 bits per heavy atom. The number of thiocarbonyl (C=S) groups is 1. The first-order chi connectivity index (χ1) is 19.4. The van der Waals surface area contributed by atoms with Crippen LogP contribution in [0.3, 0.4) is 0 Å². The molecule has 2 atom stereocenters. The summed E-state index contributed by atoms with van der Waals surface area (Å²) in [5, 5.41) is 7.22. The summed E-state index contributed by atoms with van der Waals surface area (Å²) in [5.74, 6) is 0.768. The number of carbonyl (C=O) groups is 1. The molecule has 1 aliphatic rings. The zero-order valence-electron chi connectivity index (χ0n) is 23.3. The monoisotopic (exact) mass is 553 g/mol. The van der Waals surface area contributed by atoms with Crippen molar-refractivity contribution in [2.24, 2.45) is 0 Å². The summed E-state index contributed by atoms with van der Waals surface area (Å²) in [4.78, 5) is 19.9. The van der Waals surface area contributed by atoms with Gasteiger partial charge in [-0.15, -0.1) is 0 Å². The van der Waals surface area contributed by atoms with Gasteiger partial charge in [-0.2, -0.15) is 0 Å². The fourth-order valence-corrected chi connectivity index (χ4v) is 5.94. The van der Waals surface area contributed by atoms with Gasteiger partial charge in [0.05, 0.1) is 24.9 Å². The second kappa shape index (κ2) is 11.9. The molecule has 7 nitrogen and oxygen atoms in total. The molecule has 0 spiro atoms. The molecule has 2 aromatic heterocycles. The summed E-state index contributed by atoms with van der Waals surface area (Å²) in [6, 6.07) is 23.8. The van der Waals surface area contributed by atoms with Gasteiger partial charge < -0.3 is 24.8 Å². The first kappa shape index (κ1) is 27.4. The summed E-state index contributed by atoms with van der Waals surface area (Å²) in [5.41, 5.74) is 7.27. The maximum atomic E-state index is 13.1. The van der Waals surface area contributed by atoms with Crippen LogP contribution in [0.25, 0.3) is 5.69 Å². The number of ether oxygens (including phenoxy) is 1. The molecule has 4 aromatic rings. The number of para-hydroxylation sites is 1. The van der Waals surface area contributed by atoms with Crippen molar-refractivity contribution >= 4 is 28.9 Å². The van der Waals surface area contributed by atoms with Crippen molar-refractivity contribution in [3.8, 4) is 11.4 Å². The number of aryl methyl sites for hydroxylation is 2. The van der Waals surface area contributed by atoms with Crippen molar-refractivity contribution in [2.45, 2.75) is 45.7 Å². The van der Waals surface area contributed by atoms with Crippen LogP contribution < -0.4 is 15.4 Å². The number of hydrogen-bond donors (Lipinski definition) is 2. The Balaban J connectivity index is 1.47. The van der Waals surface area contributed by atoms with Crippen molar-refractivity contribution in [2.75, 3.05) is 19.0 Å². The van der Waals surface area contributed by atoms with Crippen molar-refractivity contribution in [3.05, 3.63) is 107 Å². The minimum absolute atomic E-state index is 0.0365. The number of pyridine rings is 1. The van der Waals surface area contributed by atoms with Crippen LogP contribution in [0.2, 0.25) is 0 Å². The van der Waals surface area contributed by atoms with E-state index in [4.69, 9.17) is 17.0 Å². The Kier molecular flexibility index (Phi) is 8.16. The number of hydrogen-bond acceptors (Lipinski definition) is 4. The van der Waals surface area contributed by atoms with E-state index in [1.54, 1.807) is 13.3 Å². The molecule has 2 unspecified atom stereocenters. The van der Waals surface area contributed by atoms with Crippen LogP contribution >= 0.6 is 12.2 Å². The second-order valence-electron chi connectivity index (χ2n) is 9.99. The third kappa shape index (κ3) is 5.45. The Hall–Kier alpha value is -4.17. The molecule has 2 aromatic carbocycles. The molecule has 1 aliphatic heterocycles. The summed E-state index contributed by atoms with van der Waals surface area (Å²) < 4.78 is 7.72. The Morgan fingerprint density at radius 3 is 2.62 bits per heavy atom. The minimum atomic E-state index is -0.156. The van der Waals surface area contributed by atoms with Crippen LogP contribution in [0, 0.1) is 13.8 Å². The lowest BCUT2D eigenvalue weighted by atomic mass is 9.96. The van der Waals surface area contributed by atoms with Crippen LogP contribution in [0.5, 0.6) is 5.75 Å². The van der Waals surface area contributed by atoms with Gasteiger partial charge in [0, 0.05) is 48.0 Å². The summed E-state index contributed by atoms with van der Waals surface area (Å²) in [7, 11) is 1.68. The molecule has 8 heteroatoms.